The molecule has 4 nitrogen and oxygen atoms in total. The first kappa shape index (κ1) is 14.1. The molecule has 86 valence electrons. The van der Waals surface area contributed by atoms with Crippen LogP contribution in [0.4, 0.5) is 0 Å². The van der Waals surface area contributed by atoms with E-state index in [1.807, 2.05) is 13.8 Å². The van der Waals surface area contributed by atoms with Crippen LogP contribution in [0.1, 0.15) is 20.8 Å². The van der Waals surface area contributed by atoms with Crippen molar-refractivity contribution in [1.29, 1.82) is 0 Å². The van der Waals surface area contributed by atoms with Crippen LogP contribution in [-0.2, 0) is 8.85 Å². The molecule has 0 unspecified atom stereocenters. The van der Waals surface area contributed by atoms with Crippen molar-refractivity contribution >= 4 is 8.56 Å². The molecule has 0 saturated heterocycles. The lowest BCUT2D eigenvalue weighted by Crippen LogP contribution is -2.51. The van der Waals surface area contributed by atoms with Gasteiger partial charge in [-0.25, -0.2) is 0 Å². The van der Waals surface area contributed by atoms with Crippen molar-refractivity contribution in [1.82, 2.24) is 5.32 Å². The first-order valence-corrected chi connectivity index (χ1v) is 7.66. The fourth-order valence-corrected chi connectivity index (χ4v) is 3.94. The maximum atomic E-state index is 5.78. The van der Waals surface area contributed by atoms with E-state index >= 15 is 0 Å². The zero-order valence-electron chi connectivity index (χ0n) is 9.64. The van der Waals surface area contributed by atoms with E-state index in [0.717, 1.165) is 32.0 Å². The van der Waals surface area contributed by atoms with E-state index < -0.39 is 8.56 Å². The second-order valence-electron chi connectivity index (χ2n) is 3.10. The third kappa shape index (κ3) is 5.07. The molecule has 5 heteroatoms. The van der Waals surface area contributed by atoms with E-state index in [1.165, 1.54) is 0 Å². The van der Waals surface area contributed by atoms with Gasteiger partial charge in [-0.3, -0.25) is 0 Å². The summed E-state index contributed by atoms with van der Waals surface area (Å²) in [5.74, 6) is 0. The first-order chi connectivity index (χ1) is 6.74. The van der Waals surface area contributed by atoms with Crippen LogP contribution in [0.2, 0.25) is 6.04 Å². The van der Waals surface area contributed by atoms with Crippen molar-refractivity contribution in [3.05, 3.63) is 0 Å². The molecule has 14 heavy (non-hydrogen) atoms. The Labute approximate surface area is 88.4 Å². The lowest BCUT2D eigenvalue weighted by atomic mass is 10.7. The first-order valence-electron chi connectivity index (χ1n) is 5.43. The Hall–Kier alpha value is 0.0569. The highest BCUT2D eigenvalue weighted by Crippen LogP contribution is 2.11. The molecule has 0 aliphatic rings. The Morgan fingerprint density at radius 1 is 1.14 bits per heavy atom. The molecule has 0 aromatic heterocycles. The molecule has 0 aromatic rings. The van der Waals surface area contributed by atoms with Crippen molar-refractivity contribution < 1.29 is 8.85 Å². The molecular weight excluding hydrogens is 196 g/mol. The summed E-state index contributed by atoms with van der Waals surface area (Å²) in [4.78, 5) is 0. The molecule has 0 aromatic carbocycles. The predicted molar refractivity (Wildman–Crippen MR) is 61.4 cm³/mol. The average molecular weight is 220 g/mol. The van der Waals surface area contributed by atoms with Crippen LogP contribution in [0.5, 0.6) is 0 Å². The van der Waals surface area contributed by atoms with Gasteiger partial charge >= 0.3 is 8.56 Å². The summed E-state index contributed by atoms with van der Waals surface area (Å²) in [6.07, 6.45) is 0.836. The van der Waals surface area contributed by atoms with Crippen LogP contribution in [0.25, 0.3) is 0 Å². The van der Waals surface area contributed by atoms with Gasteiger partial charge in [-0.2, -0.15) is 0 Å². The zero-order valence-corrected chi connectivity index (χ0v) is 10.6. The van der Waals surface area contributed by atoms with Gasteiger partial charge in [-0.15, -0.1) is 0 Å². The largest absolute Gasteiger partial charge is 0.394 e. The van der Waals surface area contributed by atoms with Crippen molar-refractivity contribution in [3.63, 3.8) is 0 Å². The molecule has 0 atom stereocenters. The molecule has 0 saturated carbocycles. The van der Waals surface area contributed by atoms with Gasteiger partial charge < -0.3 is 19.9 Å². The number of nitrogens with two attached hydrogens (primary N) is 1. The molecule has 0 heterocycles. The van der Waals surface area contributed by atoms with Crippen LogP contribution in [-0.4, -0.2) is 41.0 Å². The van der Waals surface area contributed by atoms with Gasteiger partial charge in [0.05, 0.1) is 0 Å². The number of nitrogens with one attached hydrogen (secondary N) is 1. The fraction of sp³-hybridized carbons (Fsp3) is 1.00. The summed E-state index contributed by atoms with van der Waals surface area (Å²) < 4.78 is 11.6. The maximum Gasteiger partial charge on any atom is 0.352 e. The van der Waals surface area contributed by atoms with Gasteiger partial charge in [0.15, 0.2) is 0 Å². The van der Waals surface area contributed by atoms with Crippen LogP contribution < -0.4 is 11.1 Å². The number of hydrogen-bond acceptors (Lipinski definition) is 4. The lowest BCUT2D eigenvalue weighted by molar-refractivity contribution is 0.182. The average Bonchev–Trinajstić information content (AvgIpc) is 2.19. The molecule has 0 bridgehead atoms. The monoisotopic (exact) mass is 220 g/mol. The summed E-state index contributed by atoms with van der Waals surface area (Å²) in [7, 11) is -1.97. The quantitative estimate of drug-likeness (QED) is 0.441. The molecule has 0 aliphatic carbocycles. The van der Waals surface area contributed by atoms with Gasteiger partial charge in [-0.1, -0.05) is 6.92 Å². The third-order valence-electron chi connectivity index (χ3n) is 2.07. The van der Waals surface area contributed by atoms with Crippen LogP contribution >= 0.6 is 0 Å². The number of hydrogen-bond donors (Lipinski definition) is 2. The Kier molecular flexibility index (Phi) is 8.41. The van der Waals surface area contributed by atoms with Crippen LogP contribution in [0, 0.1) is 0 Å². The van der Waals surface area contributed by atoms with E-state index in [1.54, 1.807) is 0 Å². The Balaban J connectivity index is 4.03. The molecule has 0 spiro atoms. The van der Waals surface area contributed by atoms with E-state index in [4.69, 9.17) is 14.6 Å². The van der Waals surface area contributed by atoms with Crippen molar-refractivity contribution in [2.75, 3.05) is 32.5 Å². The van der Waals surface area contributed by atoms with Gasteiger partial charge in [0, 0.05) is 32.5 Å². The molecule has 0 radical (unpaired) electrons. The zero-order chi connectivity index (χ0) is 10.9. The summed E-state index contributed by atoms with van der Waals surface area (Å²) in [5, 5.41) is 3.28. The van der Waals surface area contributed by atoms with Gasteiger partial charge in [0.25, 0.3) is 0 Å². The van der Waals surface area contributed by atoms with Crippen molar-refractivity contribution in [2.24, 2.45) is 5.73 Å². The lowest BCUT2D eigenvalue weighted by Gasteiger charge is -2.29. The molecule has 0 fully saturated rings. The van der Waals surface area contributed by atoms with E-state index in [-0.39, 0.29) is 0 Å². The van der Waals surface area contributed by atoms with Crippen LogP contribution in [0.3, 0.4) is 0 Å². The van der Waals surface area contributed by atoms with Crippen molar-refractivity contribution in [3.8, 4) is 0 Å². The summed E-state index contributed by atoms with van der Waals surface area (Å²) in [5.41, 5.74) is 5.42. The van der Waals surface area contributed by atoms with Gasteiger partial charge in [0.2, 0.25) is 0 Å². The highest BCUT2D eigenvalue weighted by Gasteiger charge is 2.34. The van der Waals surface area contributed by atoms with Crippen LogP contribution in [0.15, 0.2) is 0 Å². The molecule has 0 aliphatic heterocycles. The minimum atomic E-state index is -1.97. The summed E-state index contributed by atoms with van der Waals surface area (Å²) in [6, 6.07) is 0.978. The topological polar surface area (TPSA) is 56.5 Å². The SMILES string of the molecule is CCO[Si](CC)(CNCCN)OCC. The minimum absolute atomic E-state index is 0.659. The molecular formula is C9H24N2O2Si. The Bertz CT molecular complexity index is 130. The van der Waals surface area contributed by atoms with Gasteiger partial charge in [0.1, 0.15) is 0 Å². The molecule has 3 N–H and O–H groups in total. The Morgan fingerprint density at radius 2 is 1.71 bits per heavy atom. The minimum Gasteiger partial charge on any atom is -0.394 e. The highest BCUT2D eigenvalue weighted by atomic mass is 28.4. The maximum absolute atomic E-state index is 5.78. The summed E-state index contributed by atoms with van der Waals surface area (Å²) >= 11 is 0. The van der Waals surface area contributed by atoms with E-state index in [9.17, 15) is 0 Å². The summed E-state index contributed by atoms with van der Waals surface area (Å²) in [6.45, 7) is 9.09. The third-order valence-corrected chi connectivity index (χ3v) is 5.56. The Morgan fingerprint density at radius 3 is 2.07 bits per heavy atom. The smallest absolute Gasteiger partial charge is 0.352 e. The highest BCUT2D eigenvalue weighted by molar-refractivity contribution is 6.67. The number of rotatable bonds is 9. The second-order valence-corrected chi connectivity index (χ2v) is 6.56. The molecule has 0 rings (SSSR count). The van der Waals surface area contributed by atoms with Crippen molar-refractivity contribution in [2.45, 2.75) is 26.8 Å². The molecule has 0 amide bonds. The van der Waals surface area contributed by atoms with E-state index in [0.29, 0.717) is 6.54 Å². The fourth-order valence-electron chi connectivity index (χ4n) is 1.38. The predicted octanol–water partition coefficient (Wildman–Crippen LogP) is 0.609. The second kappa shape index (κ2) is 8.37. The standard InChI is InChI=1S/C9H24N2O2Si/c1-4-12-14(6-3,13-5-2)9-11-8-7-10/h11H,4-10H2,1-3H3. The normalized spacial score (nSPS) is 12.0. The van der Waals surface area contributed by atoms with Gasteiger partial charge in [-0.05, 0) is 19.9 Å². The van der Waals surface area contributed by atoms with E-state index in [2.05, 4.69) is 12.2 Å².